The average Bonchev–Trinajstić information content (AvgIpc) is 2.34. The summed E-state index contributed by atoms with van der Waals surface area (Å²) in [6, 6.07) is 1.30. The third-order valence-electron chi connectivity index (χ3n) is 0.951. The van der Waals surface area contributed by atoms with E-state index in [1.807, 2.05) is 0 Å². The summed E-state index contributed by atoms with van der Waals surface area (Å²) >= 11 is 5.34. The van der Waals surface area contributed by atoms with Crippen LogP contribution in [-0.2, 0) is 5.88 Å². The molecule has 0 amide bonds. The molecule has 0 fully saturated rings. The standard InChI is InChI=1S/C4H4ClN3O2.ClH/c5-2-3-1-4(7-6-3)8(9)10;/h1H,2H2,(H,6,7);1H. The number of rotatable bonds is 2. The lowest BCUT2D eigenvalue weighted by Crippen LogP contribution is -1.86. The van der Waals surface area contributed by atoms with Crippen LogP contribution in [0.5, 0.6) is 0 Å². The first-order valence-corrected chi connectivity index (χ1v) is 3.02. The van der Waals surface area contributed by atoms with Crippen molar-refractivity contribution in [2.75, 3.05) is 0 Å². The van der Waals surface area contributed by atoms with Crippen LogP contribution < -0.4 is 0 Å². The third-order valence-corrected chi connectivity index (χ3v) is 1.22. The summed E-state index contributed by atoms with van der Waals surface area (Å²) in [6.45, 7) is 0. The van der Waals surface area contributed by atoms with Crippen molar-refractivity contribution in [3.63, 3.8) is 0 Å². The monoisotopic (exact) mass is 197 g/mol. The SMILES string of the molecule is Cl.O=[N+]([O-])c1cc(CCl)n[nH]1. The minimum absolute atomic E-state index is 0. The van der Waals surface area contributed by atoms with E-state index in [-0.39, 0.29) is 24.1 Å². The third kappa shape index (κ3) is 2.36. The predicted molar refractivity (Wildman–Crippen MR) is 42.0 cm³/mol. The molecule has 0 atom stereocenters. The second kappa shape index (κ2) is 4.15. The fraction of sp³-hybridized carbons (Fsp3) is 0.250. The molecule has 0 saturated carbocycles. The Kier molecular flexibility index (Phi) is 3.84. The number of aromatic amines is 1. The van der Waals surface area contributed by atoms with Crippen LogP contribution in [0, 0.1) is 10.1 Å². The lowest BCUT2D eigenvalue weighted by atomic mass is 10.5. The molecule has 11 heavy (non-hydrogen) atoms. The van der Waals surface area contributed by atoms with E-state index >= 15 is 0 Å². The van der Waals surface area contributed by atoms with E-state index < -0.39 is 4.92 Å². The highest BCUT2D eigenvalue weighted by Crippen LogP contribution is 2.08. The first-order chi connectivity index (χ1) is 4.74. The zero-order valence-corrected chi connectivity index (χ0v) is 6.85. The van der Waals surface area contributed by atoms with Gasteiger partial charge in [-0.25, -0.2) is 0 Å². The molecule has 0 unspecified atom stereocenters. The molecule has 1 rings (SSSR count). The fourth-order valence-corrected chi connectivity index (χ4v) is 0.650. The van der Waals surface area contributed by atoms with E-state index in [0.717, 1.165) is 0 Å². The Balaban J connectivity index is 0.000001000. The molecular formula is C4H5Cl2N3O2. The Hall–Kier alpha value is -0.810. The number of H-pyrrole nitrogens is 1. The molecular weight excluding hydrogens is 193 g/mol. The van der Waals surface area contributed by atoms with Crippen LogP contribution in [0.25, 0.3) is 0 Å². The van der Waals surface area contributed by atoms with Gasteiger partial charge < -0.3 is 10.1 Å². The van der Waals surface area contributed by atoms with E-state index in [1.165, 1.54) is 6.07 Å². The van der Waals surface area contributed by atoms with Crippen molar-refractivity contribution in [2.24, 2.45) is 0 Å². The van der Waals surface area contributed by atoms with Gasteiger partial charge in [0.15, 0.2) is 0 Å². The van der Waals surface area contributed by atoms with E-state index in [2.05, 4.69) is 10.2 Å². The van der Waals surface area contributed by atoms with Gasteiger partial charge in [-0.15, -0.1) is 29.1 Å². The van der Waals surface area contributed by atoms with Gasteiger partial charge in [-0.05, 0) is 4.92 Å². The number of alkyl halides is 1. The molecule has 62 valence electrons. The zero-order chi connectivity index (χ0) is 7.56. The van der Waals surface area contributed by atoms with E-state index in [0.29, 0.717) is 5.69 Å². The van der Waals surface area contributed by atoms with Crippen LogP contribution in [0.2, 0.25) is 0 Å². The van der Waals surface area contributed by atoms with Gasteiger partial charge in [0.25, 0.3) is 0 Å². The highest BCUT2D eigenvalue weighted by molar-refractivity contribution is 6.16. The smallest absolute Gasteiger partial charge is 0.342 e. The van der Waals surface area contributed by atoms with Crippen molar-refractivity contribution in [3.05, 3.63) is 21.9 Å². The summed E-state index contributed by atoms with van der Waals surface area (Å²) in [6.07, 6.45) is 0. The van der Waals surface area contributed by atoms with Crippen molar-refractivity contribution in [2.45, 2.75) is 5.88 Å². The first kappa shape index (κ1) is 10.2. The highest BCUT2D eigenvalue weighted by Gasteiger charge is 2.07. The minimum Gasteiger partial charge on any atom is -0.358 e. The summed E-state index contributed by atoms with van der Waals surface area (Å²) in [5, 5.41) is 15.8. The largest absolute Gasteiger partial charge is 0.358 e. The molecule has 0 bridgehead atoms. The minimum atomic E-state index is -0.553. The molecule has 0 saturated heterocycles. The number of nitro groups is 1. The number of nitrogens with one attached hydrogen (secondary N) is 1. The Morgan fingerprint density at radius 2 is 2.45 bits per heavy atom. The summed E-state index contributed by atoms with van der Waals surface area (Å²) in [4.78, 5) is 9.47. The lowest BCUT2D eigenvalue weighted by molar-refractivity contribution is -0.389. The molecule has 0 radical (unpaired) electrons. The zero-order valence-electron chi connectivity index (χ0n) is 5.28. The Morgan fingerprint density at radius 3 is 2.73 bits per heavy atom. The van der Waals surface area contributed by atoms with Crippen LogP contribution in [0.4, 0.5) is 5.82 Å². The van der Waals surface area contributed by atoms with Gasteiger partial charge in [0.05, 0.1) is 11.9 Å². The van der Waals surface area contributed by atoms with Crippen molar-refractivity contribution in [3.8, 4) is 0 Å². The van der Waals surface area contributed by atoms with Crippen LogP contribution in [-0.4, -0.2) is 15.1 Å². The van der Waals surface area contributed by atoms with E-state index in [4.69, 9.17) is 11.6 Å². The van der Waals surface area contributed by atoms with Gasteiger partial charge in [0, 0.05) is 0 Å². The molecule has 1 aromatic rings. The maximum Gasteiger partial charge on any atom is 0.342 e. The first-order valence-electron chi connectivity index (χ1n) is 2.48. The molecule has 0 spiro atoms. The summed E-state index contributed by atoms with van der Waals surface area (Å²) in [5.41, 5.74) is 0.480. The van der Waals surface area contributed by atoms with Gasteiger partial charge in [0.1, 0.15) is 5.69 Å². The van der Waals surface area contributed by atoms with Gasteiger partial charge in [0.2, 0.25) is 0 Å². The van der Waals surface area contributed by atoms with Crippen molar-refractivity contribution >= 4 is 29.8 Å². The molecule has 1 N–H and O–H groups in total. The number of nitrogens with zero attached hydrogens (tertiary/aromatic N) is 2. The molecule has 1 aromatic heterocycles. The van der Waals surface area contributed by atoms with Crippen LogP contribution in [0.3, 0.4) is 0 Å². The number of halogens is 2. The predicted octanol–water partition coefficient (Wildman–Crippen LogP) is 1.48. The van der Waals surface area contributed by atoms with Crippen LogP contribution >= 0.6 is 24.0 Å². The molecule has 7 heteroatoms. The normalized spacial score (nSPS) is 8.82. The maximum atomic E-state index is 10.0. The van der Waals surface area contributed by atoms with Crippen LogP contribution in [0.1, 0.15) is 5.69 Å². The van der Waals surface area contributed by atoms with E-state index in [9.17, 15) is 10.1 Å². The maximum absolute atomic E-state index is 10.0. The lowest BCUT2D eigenvalue weighted by Gasteiger charge is -1.83. The summed E-state index contributed by atoms with van der Waals surface area (Å²) < 4.78 is 0. The van der Waals surface area contributed by atoms with E-state index in [1.54, 1.807) is 0 Å². The molecule has 5 nitrogen and oxygen atoms in total. The van der Waals surface area contributed by atoms with Gasteiger partial charge in [-0.3, -0.25) is 0 Å². The van der Waals surface area contributed by atoms with Gasteiger partial charge >= 0.3 is 5.82 Å². The molecule has 0 aromatic carbocycles. The topological polar surface area (TPSA) is 71.8 Å². The number of hydrogen-bond acceptors (Lipinski definition) is 3. The summed E-state index contributed by atoms with van der Waals surface area (Å²) in [7, 11) is 0. The quantitative estimate of drug-likeness (QED) is 0.444. The Bertz CT molecular complexity index is 249. The Labute approximate surface area is 73.3 Å². The molecule has 1 heterocycles. The highest BCUT2D eigenvalue weighted by atomic mass is 35.5. The molecule has 0 aliphatic carbocycles. The average molecular weight is 198 g/mol. The van der Waals surface area contributed by atoms with Crippen LogP contribution in [0.15, 0.2) is 6.07 Å². The van der Waals surface area contributed by atoms with Gasteiger partial charge in [-0.2, -0.15) is 0 Å². The van der Waals surface area contributed by atoms with Crippen molar-refractivity contribution < 1.29 is 4.92 Å². The number of aromatic nitrogens is 2. The fourth-order valence-electron chi connectivity index (χ4n) is 0.513. The Morgan fingerprint density at radius 1 is 1.82 bits per heavy atom. The second-order valence-corrected chi connectivity index (χ2v) is 1.90. The molecule has 0 aliphatic rings. The number of hydrogen-bond donors (Lipinski definition) is 1. The summed E-state index contributed by atoms with van der Waals surface area (Å²) in [5.74, 6) is 0.0558. The molecule has 0 aliphatic heterocycles. The second-order valence-electron chi connectivity index (χ2n) is 1.64. The van der Waals surface area contributed by atoms with Crippen molar-refractivity contribution in [1.82, 2.24) is 10.2 Å². The van der Waals surface area contributed by atoms with Gasteiger partial charge in [-0.1, -0.05) is 5.10 Å². The van der Waals surface area contributed by atoms with Crippen molar-refractivity contribution in [1.29, 1.82) is 0 Å².